The lowest BCUT2D eigenvalue weighted by molar-refractivity contribution is -0.119. The molecule has 1 aromatic rings. The molecule has 0 radical (unpaired) electrons. The van der Waals surface area contributed by atoms with Crippen LogP contribution in [0.1, 0.15) is 24.3 Å². The number of likely N-dealkylation sites (N-methyl/N-ethyl adjacent to an activating group) is 1. The highest BCUT2D eigenvalue weighted by Crippen LogP contribution is 2.38. The van der Waals surface area contributed by atoms with Gasteiger partial charge in [-0.25, -0.2) is 0 Å². The van der Waals surface area contributed by atoms with Gasteiger partial charge in [-0.3, -0.25) is 4.79 Å². The average molecular weight is 200 g/mol. The molecule has 0 spiro atoms. The zero-order valence-electron chi connectivity index (χ0n) is 8.60. The second-order valence-corrected chi connectivity index (χ2v) is 3.71. The number of hydrogen-bond donors (Lipinski definition) is 0. The second kappa shape index (κ2) is 3.74. The Hall–Kier alpha value is -1.82. The summed E-state index contributed by atoms with van der Waals surface area (Å²) in [7, 11) is 1.79. The highest BCUT2D eigenvalue weighted by molar-refractivity contribution is 6.04. The van der Waals surface area contributed by atoms with Gasteiger partial charge in [0.15, 0.2) is 0 Å². The summed E-state index contributed by atoms with van der Waals surface area (Å²) in [6.07, 6.45) is 1.05. The zero-order valence-corrected chi connectivity index (χ0v) is 8.60. The van der Waals surface area contributed by atoms with E-state index < -0.39 is 0 Å². The van der Waals surface area contributed by atoms with E-state index in [0.717, 1.165) is 11.3 Å². The summed E-state index contributed by atoms with van der Waals surface area (Å²) in [5, 5.41) is 8.55. The molecule has 0 fully saturated rings. The van der Waals surface area contributed by atoms with Gasteiger partial charge in [-0.05, 0) is 18.1 Å². The standard InChI is InChI=1S/C12H12N2O/c1-14-11-7-3-2-5-9(11)10(12(14)15)6-4-8-13/h2-3,5,7,10H,4,6H2,1H3/t10-/m0/s1. The Morgan fingerprint density at radius 2 is 2.20 bits per heavy atom. The van der Waals surface area contributed by atoms with Crippen LogP contribution in [0.4, 0.5) is 5.69 Å². The van der Waals surface area contributed by atoms with Crippen LogP contribution in [0.25, 0.3) is 0 Å². The Morgan fingerprint density at radius 1 is 1.47 bits per heavy atom. The van der Waals surface area contributed by atoms with E-state index in [1.807, 2.05) is 24.3 Å². The van der Waals surface area contributed by atoms with Gasteiger partial charge in [-0.1, -0.05) is 18.2 Å². The van der Waals surface area contributed by atoms with Gasteiger partial charge < -0.3 is 4.90 Å². The molecule has 3 nitrogen and oxygen atoms in total. The summed E-state index contributed by atoms with van der Waals surface area (Å²) in [6, 6.07) is 9.87. The van der Waals surface area contributed by atoms with E-state index in [2.05, 4.69) is 6.07 Å². The number of carbonyl (C=O) groups is 1. The van der Waals surface area contributed by atoms with Gasteiger partial charge in [0, 0.05) is 19.2 Å². The van der Waals surface area contributed by atoms with E-state index in [1.165, 1.54) is 0 Å². The van der Waals surface area contributed by atoms with Crippen LogP contribution in [0.3, 0.4) is 0 Å². The SMILES string of the molecule is CN1C(=O)[C@@H](CCC#N)c2ccccc21. The third kappa shape index (κ3) is 1.48. The molecule has 0 aliphatic carbocycles. The van der Waals surface area contributed by atoms with Crippen molar-refractivity contribution in [3.05, 3.63) is 29.8 Å². The molecule has 3 heteroatoms. The first-order valence-electron chi connectivity index (χ1n) is 4.99. The topological polar surface area (TPSA) is 44.1 Å². The molecule has 0 unspecified atom stereocenters. The maximum absolute atomic E-state index is 11.9. The Kier molecular flexibility index (Phi) is 2.42. The van der Waals surface area contributed by atoms with Gasteiger partial charge >= 0.3 is 0 Å². The fourth-order valence-electron chi connectivity index (χ4n) is 2.06. The van der Waals surface area contributed by atoms with Crippen molar-refractivity contribution in [2.45, 2.75) is 18.8 Å². The van der Waals surface area contributed by atoms with Crippen molar-refractivity contribution in [1.29, 1.82) is 5.26 Å². The number of anilines is 1. The van der Waals surface area contributed by atoms with Crippen molar-refractivity contribution in [2.75, 3.05) is 11.9 Å². The minimum absolute atomic E-state index is 0.103. The van der Waals surface area contributed by atoms with Gasteiger partial charge in [-0.15, -0.1) is 0 Å². The first kappa shape index (κ1) is 9.72. The van der Waals surface area contributed by atoms with Crippen molar-refractivity contribution in [3.8, 4) is 6.07 Å². The summed E-state index contributed by atoms with van der Waals surface area (Å²) in [4.78, 5) is 13.6. The van der Waals surface area contributed by atoms with Crippen LogP contribution < -0.4 is 4.90 Å². The van der Waals surface area contributed by atoms with Crippen LogP contribution in [-0.2, 0) is 4.79 Å². The molecule has 1 atom stereocenters. The molecule has 0 N–H and O–H groups in total. The van der Waals surface area contributed by atoms with Crippen LogP contribution in [0.2, 0.25) is 0 Å². The van der Waals surface area contributed by atoms with Gasteiger partial charge in [-0.2, -0.15) is 5.26 Å². The van der Waals surface area contributed by atoms with Crippen molar-refractivity contribution in [2.24, 2.45) is 0 Å². The van der Waals surface area contributed by atoms with Crippen LogP contribution in [0, 0.1) is 11.3 Å². The van der Waals surface area contributed by atoms with Crippen molar-refractivity contribution < 1.29 is 4.79 Å². The molecular formula is C12H12N2O. The molecular weight excluding hydrogens is 188 g/mol. The van der Waals surface area contributed by atoms with Gasteiger partial charge in [0.05, 0.1) is 12.0 Å². The van der Waals surface area contributed by atoms with Crippen molar-refractivity contribution in [3.63, 3.8) is 0 Å². The number of carbonyl (C=O) groups excluding carboxylic acids is 1. The average Bonchev–Trinajstić information content (AvgIpc) is 2.51. The molecule has 0 bridgehead atoms. The molecule has 76 valence electrons. The number of nitriles is 1. The Balaban J connectivity index is 2.34. The van der Waals surface area contributed by atoms with E-state index in [9.17, 15) is 4.79 Å². The largest absolute Gasteiger partial charge is 0.315 e. The predicted molar refractivity (Wildman–Crippen MR) is 57.4 cm³/mol. The first-order chi connectivity index (χ1) is 7.25. The van der Waals surface area contributed by atoms with Gasteiger partial charge in [0.1, 0.15) is 0 Å². The van der Waals surface area contributed by atoms with E-state index in [0.29, 0.717) is 12.8 Å². The molecule has 0 saturated heterocycles. The minimum atomic E-state index is -0.120. The second-order valence-electron chi connectivity index (χ2n) is 3.71. The summed E-state index contributed by atoms with van der Waals surface area (Å²) in [5.41, 5.74) is 2.03. The zero-order chi connectivity index (χ0) is 10.8. The maximum atomic E-state index is 11.9. The van der Waals surface area contributed by atoms with Crippen molar-refractivity contribution in [1.82, 2.24) is 0 Å². The van der Waals surface area contributed by atoms with Gasteiger partial charge in [0.25, 0.3) is 0 Å². The number of fused-ring (bicyclic) bond motifs is 1. The summed E-state index contributed by atoms with van der Waals surface area (Å²) >= 11 is 0. The molecule has 0 saturated carbocycles. The summed E-state index contributed by atoms with van der Waals surface area (Å²) in [6.45, 7) is 0. The van der Waals surface area contributed by atoms with Crippen LogP contribution in [-0.4, -0.2) is 13.0 Å². The third-order valence-corrected chi connectivity index (χ3v) is 2.85. The lowest BCUT2D eigenvalue weighted by Gasteiger charge is -2.09. The monoisotopic (exact) mass is 200 g/mol. The smallest absolute Gasteiger partial charge is 0.234 e. The Bertz CT molecular complexity index is 433. The number of hydrogen-bond acceptors (Lipinski definition) is 2. The van der Waals surface area contributed by atoms with Gasteiger partial charge in [0.2, 0.25) is 5.91 Å². The molecule has 15 heavy (non-hydrogen) atoms. The summed E-state index contributed by atoms with van der Waals surface area (Å²) < 4.78 is 0. The molecule has 1 aliphatic heterocycles. The van der Waals surface area contributed by atoms with Crippen molar-refractivity contribution >= 4 is 11.6 Å². The lowest BCUT2D eigenvalue weighted by Crippen LogP contribution is -2.23. The summed E-state index contributed by atoms with van der Waals surface area (Å²) in [5.74, 6) is -0.0164. The van der Waals surface area contributed by atoms with Crippen LogP contribution in [0.15, 0.2) is 24.3 Å². The highest BCUT2D eigenvalue weighted by Gasteiger charge is 2.33. The predicted octanol–water partition coefficient (Wildman–Crippen LogP) is 2.05. The quantitative estimate of drug-likeness (QED) is 0.733. The van der Waals surface area contributed by atoms with E-state index >= 15 is 0 Å². The first-order valence-corrected chi connectivity index (χ1v) is 4.99. The van der Waals surface area contributed by atoms with Crippen LogP contribution in [0.5, 0.6) is 0 Å². The third-order valence-electron chi connectivity index (χ3n) is 2.85. The molecule has 1 heterocycles. The molecule has 2 rings (SSSR count). The minimum Gasteiger partial charge on any atom is -0.315 e. The fraction of sp³-hybridized carbons (Fsp3) is 0.333. The van der Waals surface area contributed by atoms with E-state index in [-0.39, 0.29) is 11.8 Å². The molecule has 1 aromatic carbocycles. The molecule has 1 amide bonds. The van der Waals surface area contributed by atoms with Crippen LogP contribution >= 0.6 is 0 Å². The number of amides is 1. The van der Waals surface area contributed by atoms with E-state index in [1.54, 1.807) is 11.9 Å². The number of para-hydroxylation sites is 1. The number of nitrogens with zero attached hydrogens (tertiary/aromatic N) is 2. The Morgan fingerprint density at radius 3 is 2.93 bits per heavy atom. The number of rotatable bonds is 2. The maximum Gasteiger partial charge on any atom is 0.234 e. The number of benzene rings is 1. The highest BCUT2D eigenvalue weighted by atomic mass is 16.2. The lowest BCUT2D eigenvalue weighted by atomic mass is 9.96. The molecule has 0 aromatic heterocycles. The fourth-order valence-corrected chi connectivity index (χ4v) is 2.06. The van der Waals surface area contributed by atoms with E-state index in [4.69, 9.17) is 5.26 Å². The Labute approximate surface area is 88.9 Å². The normalized spacial score (nSPS) is 18.8. The molecule has 1 aliphatic rings.